The number of nitrogens with one attached hydrogen (secondary N) is 1. The van der Waals surface area contributed by atoms with Crippen LogP contribution in [0.5, 0.6) is 0 Å². The van der Waals surface area contributed by atoms with Crippen LogP contribution in [0.1, 0.15) is 45.4 Å². The molecule has 0 bridgehead atoms. The minimum atomic E-state index is -0.436. The SMILES string of the molecule is CCO[C@H]1OC(C(=O)Nc2ccccc2)=C[C@@H](C2CCCC2)[C@H]1CCCO. The number of aliphatic hydroxyl groups is 1. The molecule has 2 N–H and O–H groups in total. The number of carbonyl (C=O) groups excluding carboxylic acids is 1. The molecular weight excluding hydrogens is 342 g/mol. The minimum absolute atomic E-state index is 0.164. The van der Waals surface area contributed by atoms with E-state index in [9.17, 15) is 9.90 Å². The number of ether oxygens (including phenoxy) is 2. The van der Waals surface area contributed by atoms with E-state index in [0.29, 0.717) is 18.3 Å². The first kappa shape index (κ1) is 19.9. The third-order valence-electron chi connectivity index (χ3n) is 5.66. The fraction of sp³-hybridized carbons (Fsp3) is 0.591. The molecule has 27 heavy (non-hydrogen) atoms. The lowest BCUT2D eigenvalue weighted by Crippen LogP contribution is -2.40. The Kier molecular flexibility index (Phi) is 7.30. The van der Waals surface area contributed by atoms with Gasteiger partial charge >= 0.3 is 0 Å². The topological polar surface area (TPSA) is 67.8 Å². The zero-order chi connectivity index (χ0) is 19.1. The molecule has 3 rings (SSSR count). The maximum atomic E-state index is 12.8. The summed E-state index contributed by atoms with van der Waals surface area (Å²) in [4.78, 5) is 12.8. The lowest BCUT2D eigenvalue weighted by molar-refractivity contribution is -0.174. The van der Waals surface area contributed by atoms with Gasteiger partial charge in [0.1, 0.15) is 0 Å². The summed E-state index contributed by atoms with van der Waals surface area (Å²) in [7, 11) is 0. The maximum absolute atomic E-state index is 12.8. The fourth-order valence-corrected chi connectivity index (χ4v) is 4.38. The largest absolute Gasteiger partial charge is 0.459 e. The van der Waals surface area contributed by atoms with E-state index in [0.717, 1.165) is 18.5 Å². The van der Waals surface area contributed by atoms with Crippen LogP contribution in [0.3, 0.4) is 0 Å². The summed E-state index contributed by atoms with van der Waals surface area (Å²) in [5.74, 6) is 1.11. The molecule has 1 heterocycles. The number of benzene rings is 1. The lowest BCUT2D eigenvalue weighted by Gasteiger charge is -2.39. The number of hydrogen-bond donors (Lipinski definition) is 2. The van der Waals surface area contributed by atoms with E-state index in [2.05, 4.69) is 5.32 Å². The van der Waals surface area contributed by atoms with E-state index < -0.39 is 6.29 Å². The normalized spacial score (nSPS) is 25.7. The van der Waals surface area contributed by atoms with E-state index in [1.54, 1.807) is 0 Å². The molecule has 1 fully saturated rings. The van der Waals surface area contributed by atoms with Gasteiger partial charge in [-0.3, -0.25) is 4.79 Å². The van der Waals surface area contributed by atoms with Gasteiger partial charge in [0.15, 0.2) is 5.76 Å². The maximum Gasteiger partial charge on any atom is 0.290 e. The standard InChI is InChI=1S/C22H31NO4/c1-2-26-22-18(13-8-14-24)19(16-9-6-7-10-16)15-20(27-22)21(25)23-17-11-4-3-5-12-17/h3-5,11-12,15-16,18-19,22,24H,2,6-10,13-14H2,1H3,(H,23,25)/t18-,19+,22+/m1/s1. The van der Waals surface area contributed by atoms with Gasteiger partial charge in [-0.15, -0.1) is 0 Å². The first-order chi connectivity index (χ1) is 13.2. The Morgan fingerprint density at radius 1 is 1.26 bits per heavy atom. The Balaban J connectivity index is 1.82. The Labute approximate surface area is 161 Å². The molecule has 1 aromatic carbocycles. The van der Waals surface area contributed by atoms with Crippen molar-refractivity contribution in [1.29, 1.82) is 0 Å². The fourth-order valence-electron chi connectivity index (χ4n) is 4.38. The van der Waals surface area contributed by atoms with Crippen molar-refractivity contribution in [2.45, 2.75) is 51.7 Å². The molecule has 3 atom stereocenters. The lowest BCUT2D eigenvalue weighted by atomic mass is 9.76. The smallest absolute Gasteiger partial charge is 0.290 e. The monoisotopic (exact) mass is 373 g/mol. The van der Waals surface area contributed by atoms with Crippen molar-refractivity contribution in [2.75, 3.05) is 18.5 Å². The summed E-state index contributed by atoms with van der Waals surface area (Å²) < 4.78 is 11.9. The van der Waals surface area contributed by atoms with Crippen LogP contribution in [-0.2, 0) is 14.3 Å². The van der Waals surface area contributed by atoms with Gasteiger partial charge in [0, 0.05) is 24.8 Å². The summed E-state index contributed by atoms with van der Waals surface area (Å²) in [6.07, 6.45) is 8.00. The molecule has 5 heteroatoms. The van der Waals surface area contributed by atoms with Crippen LogP contribution in [0.4, 0.5) is 5.69 Å². The number of aliphatic hydroxyl groups excluding tert-OH is 1. The summed E-state index contributed by atoms with van der Waals surface area (Å²) in [6.45, 7) is 2.64. The average molecular weight is 373 g/mol. The molecule has 0 aromatic heterocycles. The first-order valence-corrected chi connectivity index (χ1v) is 10.2. The van der Waals surface area contributed by atoms with E-state index >= 15 is 0 Å². The Morgan fingerprint density at radius 3 is 2.67 bits per heavy atom. The number of rotatable bonds is 8. The molecule has 2 aliphatic rings. The number of amides is 1. The molecule has 0 radical (unpaired) electrons. The van der Waals surface area contributed by atoms with Gasteiger partial charge in [-0.2, -0.15) is 0 Å². The molecule has 0 spiro atoms. The Morgan fingerprint density at radius 2 is 2.00 bits per heavy atom. The van der Waals surface area contributed by atoms with Gasteiger partial charge in [0.25, 0.3) is 5.91 Å². The van der Waals surface area contributed by atoms with Crippen LogP contribution in [0, 0.1) is 17.8 Å². The van der Waals surface area contributed by atoms with E-state index in [4.69, 9.17) is 9.47 Å². The summed E-state index contributed by atoms with van der Waals surface area (Å²) >= 11 is 0. The molecule has 0 saturated heterocycles. The second kappa shape index (κ2) is 9.90. The molecule has 1 aromatic rings. The predicted molar refractivity (Wildman–Crippen MR) is 105 cm³/mol. The van der Waals surface area contributed by atoms with Crippen LogP contribution in [0.25, 0.3) is 0 Å². The molecule has 1 amide bonds. The van der Waals surface area contributed by atoms with Crippen molar-refractivity contribution in [2.24, 2.45) is 17.8 Å². The highest BCUT2D eigenvalue weighted by atomic mass is 16.7. The third-order valence-corrected chi connectivity index (χ3v) is 5.66. The average Bonchev–Trinajstić information content (AvgIpc) is 3.22. The van der Waals surface area contributed by atoms with E-state index in [-0.39, 0.29) is 24.3 Å². The quantitative estimate of drug-likeness (QED) is 0.720. The van der Waals surface area contributed by atoms with Gasteiger partial charge in [-0.25, -0.2) is 0 Å². The van der Waals surface area contributed by atoms with Gasteiger partial charge in [0.05, 0.1) is 0 Å². The first-order valence-electron chi connectivity index (χ1n) is 10.2. The van der Waals surface area contributed by atoms with E-state index in [1.165, 1.54) is 25.7 Å². The highest BCUT2D eigenvalue weighted by Crippen LogP contribution is 2.43. The molecule has 0 unspecified atom stereocenters. The number of para-hydroxylation sites is 1. The Hall–Kier alpha value is -1.85. The van der Waals surface area contributed by atoms with Crippen molar-refractivity contribution in [1.82, 2.24) is 0 Å². The molecule has 1 aliphatic heterocycles. The third kappa shape index (κ3) is 5.11. The van der Waals surface area contributed by atoms with Crippen LogP contribution >= 0.6 is 0 Å². The highest BCUT2D eigenvalue weighted by Gasteiger charge is 2.41. The molecule has 1 saturated carbocycles. The predicted octanol–water partition coefficient (Wildman–Crippen LogP) is 4.10. The summed E-state index contributed by atoms with van der Waals surface area (Å²) in [6, 6.07) is 9.42. The molecular formula is C22H31NO4. The second-order valence-corrected chi connectivity index (χ2v) is 7.44. The van der Waals surface area contributed by atoms with Gasteiger partial charge < -0.3 is 19.9 Å². The number of hydrogen-bond acceptors (Lipinski definition) is 4. The Bertz CT molecular complexity index is 624. The van der Waals surface area contributed by atoms with Crippen LogP contribution in [0.15, 0.2) is 42.2 Å². The second-order valence-electron chi connectivity index (χ2n) is 7.44. The number of carbonyl (C=O) groups is 1. The zero-order valence-corrected chi connectivity index (χ0v) is 16.1. The van der Waals surface area contributed by atoms with E-state index in [1.807, 2.05) is 43.3 Å². The minimum Gasteiger partial charge on any atom is -0.459 e. The van der Waals surface area contributed by atoms with Crippen LogP contribution in [0.2, 0.25) is 0 Å². The van der Waals surface area contributed by atoms with Crippen molar-refractivity contribution < 1.29 is 19.4 Å². The van der Waals surface area contributed by atoms with Gasteiger partial charge in [0.2, 0.25) is 6.29 Å². The highest BCUT2D eigenvalue weighted by molar-refractivity contribution is 6.02. The molecule has 148 valence electrons. The van der Waals surface area contributed by atoms with Crippen LogP contribution in [-0.4, -0.2) is 30.5 Å². The van der Waals surface area contributed by atoms with Crippen molar-refractivity contribution in [3.63, 3.8) is 0 Å². The van der Waals surface area contributed by atoms with Gasteiger partial charge in [-0.05, 0) is 62.7 Å². The number of allylic oxidation sites excluding steroid dienone is 1. The van der Waals surface area contributed by atoms with Crippen molar-refractivity contribution in [3.05, 3.63) is 42.2 Å². The number of anilines is 1. The zero-order valence-electron chi connectivity index (χ0n) is 16.1. The summed E-state index contributed by atoms with van der Waals surface area (Å²) in [5.41, 5.74) is 0.750. The van der Waals surface area contributed by atoms with Crippen molar-refractivity contribution in [3.8, 4) is 0 Å². The van der Waals surface area contributed by atoms with Crippen molar-refractivity contribution >= 4 is 11.6 Å². The summed E-state index contributed by atoms with van der Waals surface area (Å²) in [5, 5.41) is 12.2. The molecule has 1 aliphatic carbocycles. The van der Waals surface area contributed by atoms with Gasteiger partial charge in [-0.1, -0.05) is 31.0 Å². The molecule has 5 nitrogen and oxygen atoms in total. The van der Waals surface area contributed by atoms with Crippen LogP contribution < -0.4 is 5.32 Å².